The van der Waals surface area contributed by atoms with E-state index in [9.17, 15) is 18.0 Å². The number of amides is 1. The molecule has 0 bridgehead atoms. The maximum Gasteiger partial charge on any atom is 0.410 e. The fourth-order valence-corrected chi connectivity index (χ4v) is 4.72. The van der Waals surface area contributed by atoms with Crippen molar-refractivity contribution in [2.45, 2.75) is 70.6 Å². The Morgan fingerprint density at radius 1 is 1.19 bits per heavy atom. The fraction of sp³-hybridized carbons (Fsp3) is 0.583. The molecule has 4 atom stereocenters. The Bertz CT molecular complexity index is 964. The lowest BCUT2D eigenvalue weighted by atomic mass is 9.82. The molecule has 1 aromatic heterocycles. The van der Waals surface area contributed by atoms with Crippen LogP contribution in [0.4, 0.5) is 19.0 Å². The minimum Gasteiger partial charge on any atom is -0.367 e. The van der Waals surface area contributed by atoms with Gasteiger partial charge in [-0.05, 0) is 30.7 Å². The molecule has 1 saturated heterocycles. The molecule has 2 aliphatic heterocycles. The molecule has 2 aliphatic rings. The van der Waals surface area contributed by atoms with Crippen LogP contribution in [0.2, 0.25) is 0 Å². The smallest absolute Gasteiger partial charge is 0.367 e. The number of carbonyl (C=O) groups excluding carboxylic acids is 1. The zero-order valence-electron chi connectivity index (χ0n) is 19.0. The molecule has 0 saturated carbocycles. The summed E-state index contributed by atoms with van der Waals surface area (Å²) in [7, 11) is 0. The number of rotatable bonds is 3. The van der Waals surface area contributed by atoms with Gasteiger partial charge in [-0.25, -0.2) is 4.68 Å². The third-order valence-corrected chi connectivity index (χ3v) is 6.84. The molecule has 1 amide bonds. The average molecular weight is 449 g/mol. The number of likely N-dealkylation sites (tertiary alicyclic amines) is 1. The second kappa shape index (κ2) is 8.12. The van der Waals surface area contributed by atoms with Crippen LogP contribution in [0.1, 0.15) is 69.7 Å². The highest BCUT2D eigenvalue weighted by molar-refractivity contribution is 5.83. The van der Waals surface area contributed by atoms with Gasteiger partial charge in [0.05, 0.1) is 11.6 Å². The highest BCUT2D eigenvalue weighted by Gasteiger charge is 2.48. The molecule has 1 N–H and O–H groups in total. The molecule has 5 nitrogen and oxygen atoms in total. The van der Waals surface area contributed by atoms with Crippen LogP contribution < -0.4 is 5.32 Å². The summed E-state index contributed by atoms with van der Waals surface area (Å²) in [4.78, 5) is 14.8. The molecule has 1 aromatic carbocycles. The number of hydrogen-bond acceptors (Lipinski definition) is 3. The maximum atomic E-state index is 13.8. The van der Waals surface area contributed by atoms with E-state index in [1.165, 1.54) is 0 Å². The van der Waals surface area contributed by atoms with E-state index in [0.717, 1.165) is 10.2 Å². The monoisotopic (exact) mass is 448 g/mol. The Morgan fingerprint density at radius 3 is 2.50 bits per heavy atom. The lowest BCUT2D eigenvalue weighted by molar-refractivity contribution is -0.175. The Labute approximate surface area is 187 Å². The number of alkyl halides is 3. The zero-order chi connectivity index (χ0) is 23.3. The number of hydrogen-bond donors (Lipinski definition) is 1. The summed E-state index contributed by atoms with van der Waals surface area (Å²) >= 11 is 0. The third-order valence-electron chi connectivity index (χ3n) is 6.84. The predicted octanol–water partition coefficient (Wildman–Crippen LogP) is 5.34. The van der Waals surface area contributed by atoms with Crippen LogP contribution in [0, 0.1) is 5.41 Å². The highest BCUT2D eigenvalue weighted by atomic mass is 19.4. The van der Waals surface area contributed by atoms with Gasteiger partial charge >= 0.3 is 6.18 Å². The van der Waals surface area contributed by atoms with Crippen molar-refractivity contribution in [2.75, 3.05) is 18.4 Å². The number of fused-ring (bicyclic) bond motifs is 1. The molecule has 4 rings (SSSR count). The number of nitrogens with one attached hydrogen (secondary N) is 1. The SMILES string of the molecule is C[C@@H](C(=O)N1CC[C@@H](c2cc3n(n2)[C@H](C(F)(F)F)C[C@H](C(C)(C)C)N3)C1)c1ccccc1. The van der Waals surface area contributed by atoms with Crippen molar-refractivity contribution < 1.29 is 18.0 Å². The molecule has 0 radical (unpaired) electrons. The number of halogens is 3. The Balaban J connectivity index is 1.53. The van der Waals surface area contributed by atoms with Crippen LogP contribution in [-0.4, -0.2) is 45.9 Å². The van der Waals surface area contributed by atoms with Crippen molar-refractivity contribution in [3.8, 4) is 0 Å². The largest absolute Gasteiger partial charge is 0.410 e. The van der Waals surface area contributed by atoms with Gasteiger partial charge < -0.3 is 10.2 Å². The van der Waals surface area contributed by atoms with E-state index in [0.29, 0.717) is 31.0 Å². The first kappa shape index (κ1) is 22.7. The van der Waals surface area contributed by atoms with Gasteiger partial charge in [0.25, 0.3) is 0 Å². The lowest BCUT2D eigenvalue weighted by Crippen LogP contribution is -2.44. The van der Waals surface area contributed by atoms with Gasteiger partial charge in [-0.2, -0.15) is 18.3 Å². The van der Waals surface area contributed by atoms with Gasteiger partial charge in [0.15, 0.2) is 6.04 Å². The molecule has 0 spiro atoms. The van der Waals surface area contributed by atoms with Gasteiger partial charge in [-0.15, -0.1) is 0 Å². The van der Waals surface area contributed by atoms with Crippen molar-refractivity contribution in [3.63, 3.8) is 0 Å². The van der Waals surface area contributed by atoms with Crippen LogP contribution in [0.25, 0.3) is 0 Å². The normalized spacial score (nSPS) is 24.7. The van der Waals surface area contributed by atoms with Crippen LogP contribution >= 0.6 is 0 Å². The fourth-order valence-electron chi connectivity index (χ4n) is 4.72. The van der Waals surface area contributed by atoms with E-state index >= 15 is 0 Å². The van der Waals surface area contributed by atoms with E-state index in [-0.39, 0.29) is 35.6 Å². The molecular formula is C24H31F3N4O. The standard InChI is InChI=1S/C24H31F3N4O/c1-15(16-8-6-5-7-9-16)22(32)30-11-10-17(14-30)18-12-21-28-19(23(2,3)4)13-20(24(25,26)27)31(21)29-18/h5-9,12,15,17,19-20,28H,10-11,13-14H2,1-4H3/t15-,17-,19-,20+/m1/s1. The molecule has 1 fully saturated rings. The minimum atomic E-state index is -4.37. The summed E-state index contributed by atoms with van der Waals surface area (Å²) in [6, 6.07) is 9.42. The van der Waals surface area contributed by atoms with E-state index < -0.39 is 12.2 Å². The Kier molecular flexibility index (Phi) is 5.75. The van der Waals surface area contributed by atoms with Gasteiger partial charge in [0.1, 0.15) is 5.82 Å². The topological polar surface area (TPSA) is 50.2 Å². The molecular weight excluding hydrogens is 417 g/mol. The lowest BCUT2D eigenvalue weighted by Gasteiger charge is -2.39. The van der Waals surface area contributed by atoms with Gasteiger partial charge in [-0.1, -0.05) is 51.1 Å². The summed E-state index contributed by atoms with van der Waals surface area (Å²) in [6.45, 7) is 8.79. The quantitative estimate of drug-likeness (QED) is 0.690. The Morgan fingerprint density at radius 2 is 1.88 bits per heavy atom. The molecule has 3 heterocycles. The van der Waals surface area contributed by atoms with E-state index in [4.69, 9.17) is 0 Å². The Hall–Kier alpha value is -2.51. The van der Waals surface area contributed by atoms with Crippen LogP contribution in [0.15, 0.2) is 36.4 Å². The molecule has 32 heavy (non-hydrogen) atoms. The highest BCUT2D eigenvalue weighted by Crippen LogP contribution is 2.44. The first-order valence-electron chi connectivity index (χ1n) is 11.2. The maximum absolute atomic E-state index is 13.8. The van der Waals surface area contributed by atoms with Crippen molar-refractivity contribution >= 4 is 11.7 Å². The summed E-state index contributed by atoms with van der Waals surface area (Å²) in [5.74, 6) is 0.135. The van der Waals surface area contributed by atoms with Crippen LogP contribution in [0.5, 0.6) is 0 Å². The number of aromatic nitrogens is 2. The number of benzene rings is 1. The van der Waals surface area contributed by atoms with E-state index in [1.807, 2.05) is 62.9 Å². The van der Waals surface area contributed by atoms with Crippen molar-refractivity contribution in [3.05, 3.63) is 47.7 Å². The van der Waals surface area contributed by atoms with Crippen molar-refractivity contribution in [1.29, 1.82) is 0 Å². The minimum absolute atomic E-state index is 0.0433. The number of carbonyl (C=O) groups is 1. The van der Waals surface area contributed by atoms with Crippen molar-refractivity contribution in [1.82, 2.24) is 14.7 Å². The number of nitrogens with zero attached hydrogens (tertiary/aromatic N) is 3. The molecule has 2 aromatic rings. The zero-order valence-corrected chi connectivity index (χ0v) is 19.0. The molecule has 174 valence electrons. The molecule has 0 aliphatic carbocycles. The predicted molar refractivity (Wildman–Crippen MR) is 118 cm³/mol. The summed E-state index contributed by atoms with van der Waals surface area (Å²) in [5, 5.41) is 7.67. The second-order valence-electron chi connectivity index (χ2n) is 10.2. The second-order valence-corrected chi connectivity index (χ2v) is 10.2. The van der Waals surface area contributed by atoms with Gasteiger partial charge in [0, 0.05) is 31.1 Å². The van der Waals surface area contributed by atoms with Gasteiger partial charge in [0.2, 0.25) is 5.91 Å². The summed E-state index contributed by atoms with van der Waals surface area (Å²) < 4.78 is 42.6. The third kappa shape index (κ3) is 4.36. The van der Waals surface area contributed by atoms with E-state index in [1.54, 1.807) is 6.07 Å². The average Bonchev–Trinajstić information content (AvgIpc) is 3.38. The summed E-state index contributed by atoms with van der Waals surface area (Å²) in [5.41, 5.74) is 1.27. The van der Waals surface area contributed by atoms with Crippen molar-refractivity contribution in [2.24, 2.45) is 5.41 Å². The first-order chi connectivity index (χ1) is 14.9. The van der Waals surface area contributed by atoms with Crippen LogP contribution in [0.3, 0.4) is 0 Å². The van der Waals surface area contributed by atoms with Crippen LogP contribution in [-0.2, 0) is 4.79 Å². The van der Waals surface area contributed by atoms with E-state index in [2.05, 4.69) is 10.4 Å². The number of anilines is 1. The van der Waals surface area contributed by atoms with Gasteiger partial charge in [-0.3, -0.25) is 4.79 Å². The summed E-state index contributed by atoms with van der Waals surface area (Å²) in [6.07, 6.45) is -3.72. The molecule has 8 heteroatoms. The first-order valence-corrected chi connectivity index (χ1v) is 11.2. The molecule has 0 unspecified atom stereocenters.